The van der Waals surface area contributed by atoms with Crippen LogP contribution in [0, 0.1) is 0 Å². The number of carboxylic acid groups (broad SMARTS) is 1. The van der Waals surface area contributed by atoms with Crippen LogP contribution in [0.1, 0.15) is 10.4 Å². The van der Waals surface area contributed by atoms with Gasteiger partial charge in [0.25, 0.3) is 0 Å². The molecule has 7 heteroatoms. The highest BCUT2D eigenvalue weighted by Gasteiger charge is 2.15. The Labute approximate surface area is 122 Å². The minimum absolute atomic E-state index is 0. The van der Waals surface area contributed by atoms with Crippen LogP contribution in [-0.4, -0.2) is 47.2 Å². The number of carbonyl (C=O) groups is 1. The molecule has 106 valence electrons. The second kappa shape index (κ2) is 6.02. The molecule has 1 aromatic carbocycles. The predicted molar refractivity (Wildman–Crippen MR) is 78.8 cm³/mol. The van der Waals surface area contributed by atoms with Gasteiger partial charge >= 0.3 is 5.97 Å². The molecule has 2 N–H and O–H groups in total. The molecular weight excluding hydrogens is 280 g/mol. The largest absolute Gasteiger partial charge is 0.478 e. The maximum atomic E-state index is 11.0. The van der Waals surface area contributed by atoms with Gasteiger partial charge in [0.2, 0.25) is 0 Å². The number of aromatic nitrogens is 2. The molecule has 6 nitrogen and oxygen atoms in total. The average molecular weight is 295 g/mol. The van der Waals surface area contributed by atoms with Crippen molar-refractivity contribution in [2.45, 2.75) is 0 Å². The van der Waals surface area contributed by atoms with E-state index in [1.807, 2.05) is 0 Å². The Hall–Kier alpha value is -1.92. The molecule has 3 rings (SSSR count). The highest BCUT2D eigenvalue weighted by molar-refractivity contribution is 5.96. The van der Waals surface area contributed by atoms with Crippen LogP contribution in [0.3, 0.4) is 0 Å². The highest BCUT2D eigenvalue weighted by Crippen LogP contribution is 2.24. The lowest BCUT2D eigenvalue weighted by molar-refractivity contribution is 0.0697. The fourth-order valence-electron chi connectivity index (χ4n) is 2.30. The quantitative estimate of drug-likeness (QED) is 0.865. The van der Waals surface area contributed by atoms with E-state index in [4.69, 9.17) is 5.11 Å². The van der Waals surface area contributed by atoms with E-state index in [0.717, 1.165) is 37.4 Å². The molecule has 2 aromatic rings. The van der Waals surface area contributed by atoms with Crippen LogP contribution in [0.4, 0.5) is 5.82 Å². The van der Waals surface area contributed by atoms with Crippen molar-refractivity contribution >= 4 is 35.1 Å². The summed E-state index contributed by atoms with van der Waals surface area (Å²) >= 11 is 0. The van der Waals surface area contributed by atoms with E-state index in [1.54, 1.807) is 18.2 Å². The van der Waals surface area contributed by atoms with Crippen LogP contribution in [-0.2, 0) is 0 Å². The Balaban J connectivity index is 0.00000147. The van der Waals surface area contributed by atoms with Crippen LogP contribution < -0.4 is 10.2 Å². The summed E-state index contributed by atoms with van der Waals surface area (Å²) < 4.78 is 0. The summed E-state index contributed by atoms with van der Waals surface area (Å²) in [5.74, 6) is -0.0623. The molecule has 1 aliphatic heterocycles. The maximum absolute atomic E-state index is 11.0. The predicted octanol–water partition coefficient (Wildman–Crippen LogP) is 1.16. The molecule has 1 saturated heterocycles. The number of benzene rings is 1. The summed E-state index contributed by atoms with van der Waals surface area (Å²) in [6, 6.07) is 4.97. The average Bonchev–Trinajstić information content (AvgIpc) is 2.47. The van der Waals surface area contributed by atoms with E-state index in [2.05, 4.69) is 20.2 Å². The van der Waals surface area contributed by atoms with Crippen molar-refractivity contribution in [1.82, 2.24) is 15.3 Å². The summed E-state index contributed by atoms with van der Waals surface area (Å²) in [5.41, 5.74) is 0.917. The van der Waals surface area contributed by atoms with Gasteiger partial charge in [0.1, 0.15) is 12.1 Å². The second-order valence-electron chi connectivity index (χ2n) is 4.47. The fourth-order valence-corrected chi connectivity index (χ4v) is 2.30. The van der Waals surface area contributed by atoms with Crippen molar-refractivity contribution < 1.29 is 9.90 Å². The third-order valence-electron chi connectivity index (χ3n) is 3.28. The molecule has 0 aliphatic carbocycles. The first-order valence-corrected chi connectivity index (χ1v) is 6.19. The molecular formula is C13H15ClN4O2. The van der Waals surface area contributed by atoms with Crippen molar-refractivity contribution in [2.75, 3.05) is 31.1 Å². The molecule has 0 unspecified atom stereocenters. The molecule has 2 heterocycles. The zero-order chi connectivity index (χ0) is 13.2. The minimum atomic E-state index is -0.941. The number of anilines is 1. The van der Waals surface area contributed by atoms with Crippen LogP contribution in [0.2, 0.25) is 0 Å². The van der Waals surface area contributed by atoms with Crippen LogP contribution >= 0.6 is 12.4 Å². The lowest BCUT2D eigenvalue weighted by Crippen LogP contribution is -2.44. The molecule has 0 saturated carbocycles. The van der Waals surface area contributed by atoms with Gasteiger partial charge in [0.15, 0.2) is 0 Å². The Morgan fingerprint density at radius 3 is 2.70 bits per heavy atom. The van der Waals surface area contributed by atoms with Gasteiger partial charge in [-0.3, -0.25) is 0 Å². The van der Waals surface area contributed by atoms with Crippen molar-refractivity contribution in [3.63, 3.8) is 0 Å². The number of hydrogen-bond acceptors (Lipinski definition) is 5. The number of piperazine rings is 1. The number of nitrogens with zero attached hydrogens (tertiary/aromatic N) is 3. The van der Waals surface area contributed by atoms with E-state index in [0.29, 0.717) is 5.52 Å². The van der Waals surface area contributed by atoms with Gasteiger partial charge in [-0.1, -0.05) is 0 Å². The lowest BCUT2D eigenvalue weighted by Gasteiger charge is -2.29. The van der Waals surface area contributed by atoms with Gasteiger partial charge in [-0.15, -0.1) is 12.4 Å². The highest BCUT2D eigenvalue weighted by atomic mass is 35.5. The Morgan fingerprint density at radius 2 is 2.00 bits per heavy atom. The molecule has 1 fully saturated rings. The van der Waals surface area contributed by atoms with E-state index in [-0.39, 0.29) is 18.0 Å². The van der Waals surface area contributed by atoms with Crippen molar-refractivity contribution in [3.05, 3.63) is 30.1 Å². The van der Waals surface area contributed by atoms with Crippen molar-refractivity contribution in [1.29, 1.82) is 0 Å². The topological polar surface area (TPSA) is 78.4 Å². The smallest absolute Gasteiger partial charge is 0.335 e. The number of rotatable bonds is 2. The zero-order valence-electron chi connectivity index (χ0n) is 10.7. The van der Waals surface area contributed by atoms with Crippen molar-refractivity contribution in [3.8, 4) is 0 Å². The summed E-state index contributed by atoms with van der Waals surface area (Å²) in [5, 5.41) is 13.2. The molecule has 20 heavy (non-hydrogen) atoms. The van der Waals surface area contributed by atoms with Crippen molar-refractivity contribution in [2.24, 2.45) is 0 Å². The third kappa shape index (κ3) is 2.66. The summed E-state index contributed by atoms with van der Waals surface area (Å²) in [7, 11) is 0. The normalized spacial score (nSPS) is 14.9. The lowest BCUT2D eigenvalue weighted by atomic mass is 10.1. The first kappa shape index (κ1) is 14.5. The van der Waals surface area contributed by atoms with Gasteiger partial charge in [0, 0.05) is 31.6 Å². The summed E-state index contributed by atoms with van der Waals surface area (Å²) in [4.78, 5) is 21.7. The first-order chi connectivity index (χ1) is 9.25. The van der Waals surface area contributed by atoms with Gasteiger partial charge in [-0.2, -0.15) is 0 Å². The van der Waals surface area contributed by atoms with E-state index in [1.165, 1.54) is 6.33 Å². The molecule has 0 amide bonds. The molecule has 0 atom stereocenters. The first-order valence-electron chi connectivity index (χ1n) is 6.19. The molecule has 0 bridgehead atoms. The van der Waals surface area contributed by atoms with Crippen LogP contribution in [0.15, 0.2) is 24.5 Å². The minimum Gasteiger partial charge on any atom is -0.478 e. The molecule has 1 aliphatic rings. The third-order valence-corrected chi connectivity index (χ3v) is 3.28. The number of fused-ring (bicyclic) bond motifs is 1. The van der Waals surface area contributed by atoms with Crippen LogP contribution in [0.25, 0.3) is 10.9 Å². The van der Waals surface area contributed by atoms with Crippen LogP contribution in [0.5, 0.6) is 0 Å². The number of carboxylic acids is 1. The number of aromatic carboxylic acids is 1. The summed E-state index contributed by atoms with van der Waals surface area (Å²) in [6.45, 7) is 3.65. The van der Waals surface area contributed by atoms with E-state index in [9.17, 15) is 4.79 Å². The molecule has 0 spiro atoms. The maximum Gasteiger partial charge on any atom is 0.335 e. The Bertz CT molecular complexity index is 629. The number of halogens is 1. The Morgan fingerprint density at radius 1 is 1.25 bits per heavy atom. The fraction of sp³-hybridized carbons (Fsp3) is 0.308. The number of nitrogens with one attached hydrogen (secondary N) is 1. The monoisotopic (exact) mass is 294 g/mol. The van der Waals surface area contributed by atoms with Gasteiger partial charge in [0.05, 0.1) is 11.1 Å². The van der Waals surface area contributed by atoms with E-state index >= 15 is 0 Å². The molecule has 1 aromatic heterocycles. The number of hydrogen-bond donors (Lipinski definition) is 2. The van der Waals surface area contributed by atoms with Gasteiger partial charge < -0.3 is 15.3 Å². The van der Waals surface area contributed by atoms with Gasteiger partial charge in [-0.25, -0.2) is 14.8 Å². The zero-order valence-corrected chi connectivity index (χ0v) is 11.6. The SMILES string of the molecule is Cl.O=C(O)c1ccc2c(N3CCNCC3)ncnc2c1. The summed E-state index contributed by atoms with van der Waals surface area (Å²) in [6.07, 6.45) is 1.49. The Kier molecular flexibility index (Phi) is 4.36. The van der Waals surface area contributed by atoms with Gasteiger partial charge in [-0.05, 0) is 18.2 Å². The molecule has 0 radical (unpaired) electrons. The van der Waals surface area contributed by atoms with E-state index < -0.39 is 5.97 Å². The second-order valence-corrected chi connectivity index (χ2v) is 4.47. The standard InChI is InChI=1S/C13H14N4O2.ClH/c18-13(19)9-1-2-10-11(7-9)15-8-16-12(10)17-5-3-14-4-6-17;/h1-2,7-8,14H,3-6H2,(H,18,19);1H.